The van der Waals surface area contributed by atoms with Crippen LogP contribution in [-0.2, 0) is 0 Å². The van der Waals surface area contributed by atoms with E-state index >= 15 is 0 Å². The molecule has 0 unspecified atom stereocenters. The Hall–Kier alpha value is -6.32. The van der Waals surface area contributed by atoms with Gasteiger partial charge in [-0.2, -0.15) is 0 Å². The van der Waals surface area contributed by atoms with Gasteiger partial charge in [0.15, 0.2) is 0 Å². The lowest BCUT2D eigenvalue weighted by Crippen LogP contribution is -2.10. The quantitative estimate of drug-likeness (QED) is 0.178. The maximum absolute atomic E-state index is 2.45. The average Bonchev–Trinajstić information content (AvgIpc) is 3.74. The standard InChI is InChI=1S/C46H35N3/c1-32-15-21-37(22-16-32)48(38-23-17-33(2)18-24-38)39-11-8-12-40(31-39)49-45-14-7-6-13-41(45)42-27-28-44-43(46(42)49)29-30-47(44)36-25-19-35(20-26-36)34-9-4-3-5-10-34/h3-31H,1-2H3. The number of hydrogen-bond acceptors (Lipinski definition) is 1. The molecule has 0 atom stereocenters. The summed E-state index contributed by atoms with van der Waals surface area (Å²) in [4.78, 5) is 2.35. The minimum atomic E-state index is 1.11. The first-order valence-corrected chi connectivity index (χ1v) is 16.9. The van der Waals surface area contributed by atoms with Gasteiger partial charge in [0.05, 0.1) is 16.6 Å². The van der Waals surface area contributed by atoms with Crippen LogP contribution in [-0.4, -0.2) is 9.13 Å². The second kappa shape index (κ2) is 11.7. The summed E-state index contributed by atoms with van der Waals surface area (Å²) in [7, 11) is 0. The number of nitrogens with zero attached hydrogens (tertiary/aromatic N) is 3. The number of fused-ring (bicyclic) bond motifs is 5. The van der Waals surface area contributed by atoms with E-state index in [9.17, 15) is 0 Å². The minimum absolute atomic E-state index is 1.11. The highest BCUT2D eigenvalue weighted by atomic mass is 15.1. The molecule has 0 N–H and O–H groups in total. The van der Waals surface area contributed by atoms with Crippen molar-refractivity contribution in [1.29, 1.82) is 0 Å². The number of benzene rings is 7. The van der Waals surface area contributed by atoms with E-state index < -0.39 is 0 Å². The largest absolute Gasteiger partial charge is 0.316 e. The van der Waals surface area contributed by atoms with Crippen LogP contribution < -0.4 is 4.90 Å². The van der Waals surface area contributed by atoms with E-state index in [1.165, 1.54) is 55.0 Å². The van der Waals surface area contributed by atoms with Gasteiger partial charge < -0.3 is 14.0 Å². The first kappa shape index (κ1) is 28.9. The van der Waals surface area contributed by atoms with E-state index in [4.69, 9.17) is 0 Å². The molecular formula is C46H35N3. The molecule has 0 saturated heterocycles. The van der Waals surface area contributed by atoms with Crippen molar-refractivity contribution in [3.8, 4) is 22.5 Å². The van der Waals surface area contributed by atoms with Gasteiger partial charge in [0.1, 0.15) is 0 Å². The maximum Gasteiger partial charge on any atom is 0.0635 e. The van der Waals surface area contributed by atoms with Gasteiger partial charge in [-0.15, -0.1) is 0 Å². The molecule has 0 saturated carbocycles. The van der Waals surface area contributed by atoms with Crippen LogP contribution in [0.15, 0.2) is 176 Å². The van der Waals surface area contributed by atoms with Crippen molar-refractivity contribution < 1.29 is 0 Å². The van der Waals surface area contributed by atoms with Gasteiger partial charge in [0.25, 0.3) is 0 Å². The third-order valence-electron chi connectivity index (χ3n) is 9.69. The van der Waals surface area contributed by atoms with Crippen LogP contribution in [0.3, 0.4) is 0 Å². The molecule has 234 valence electrons. The first-order chi connectivity index (χ1) is 24.1. The Kier molecular flexibility index (Phi) is 6.91. The van der Waals surface area contributed by atoms with E-state index in [-0.39, 0.29) is 0 Å². The van der Waals surface area contributed by atoms with Gasteiger partial charge in [-0.3, -0.25) is 0 Å². The Morgan fingerprint density at radius 3 is 1.78 bits per heavy atom. The van der Waals surface area contributed by atoms with E-state index in [2.05, 4.69) is 204 Å². The van der Waals surface area contributed by atoms with Crippen molar-refractivity contribution >= 4 is 49.8 Å². The molecule has 3 heteroatoms. The second-order valence-corrected chi connectivity index (χ2v) is 12.9. The van der Waals surface area contributed by atoms with E-state index in [0.717, 1.165) is 28.4 Å². The van der Waals surface area contributed by atoms with Gasteiger partial charge in [-0.1, -0.05) is 108 Å². The monoisotopic (exact) mass is 629 g/mol. The Morgan fingerprint density at radius 2 is 1.06 bits per heavy atom. The molecule has 0 aliphatic carbocycles. The predicted molar refractivity (Wildman–Crippen MR) is 207 cm³/mol. The second-order valence-electron chi connectivity index (χ2n) is 12.9. The Balaban J connectivity index is 1.22. The highest BCUT2D eigenvalue weighted by Gasteiger charge is 2.19. The molecule has 0 amide bonds. The normalized spacial score (nSPS) is 11.5. The fraction of sp³-hybridized carbons (Fsp3) is 0.0435. The van der Waals surface area contributed by atoms with Crippen molar-refractivity contribution in [2.45, 2.75) is 13.8 Å². The molecule has 7 aromatic carbocycles. The third kappa shape index (κ3) is 4.99. The molecule has 0 radical (unpaired) electrons. The summed E-state index contributed by atoms with van der Waals surface area (Å²) in [6, 6.07) is 61.5. The van der Waals surface area contributed by atoms with Gasteiger partial charge >= 0.3 is 0 Å². The van der Waals surface area contributed by atoms with Crippen molar-refractivity contribution in [3.63, 3.8) is 0 Å². The average molecular weight is 630 g/mol. The number of anilines is 3. The summed E-state index contributed by atoms with van der Waals surface area (Å²) in [6.07, 6.45) is 2.20. The highest BCUT2D eigenvalue weighted by molar-refractivity contribution is 6.18. The number of hydrogen-bond donors (Lipinski definition) is 0. The zero-order chi connectivity index (χ0) is 32.9. The SMILES string of the molecule is Cc1ccc(N(c2ccc(C)cc2)c2cccc(-n3c4ccccc4c4ccc5c(ccn5-c5ccc(-c6ccccc6)cc5)c43)c2)cc1. The number of rotatable bonds is 6. The maximum atomic E-state index is 2.45. The molecule has 0 spiro atoms. The molecule has 3 nitrogen and oxygen atoms in total. The summed E-state index contributed by atoms with van der Waals surface area (Å²) in [5, 5.41) is 3.72. The third-order valence-corrected chi connectivity index (χ3v) is 9.69. The molecule has 9 rings (SSSR count). The van der Waals surface area contributed by atoms with Gasteiger partial charge in [-0.25, -0.2) is 0 Å². The highest BCUT2D eigenvalue weighted by Crippen LogP contribution is 2.40. The van der Waals surface area contributed by atoms with Crippen LogP contribution >= 0.6 is 0 Å². The summed E-state index contributed by atoms with van der Waals surface area (Å²) in [6.45, 7) is 4.27. The predicted octanol–water partition coefficient (Wildman–Crippen LogP) is 12.5. The topological polar surface area (TPSA) is 13.1 Å². The summed E-state index contributed by atoms with van der Waals surface area (Å²) in [5.41, 5.74) is 14.2. The van der Waals surface area contributed by atoms with Gasteiger partial charge in [0, 0.05) is 50.8 Å². The summed E-state index contributed by atoms with van der Waals surface area (Å²) >= 11 is 0. The number of aryl methyl sites for hydroxylation is 2. The molecule has 0 fully saturated rings. The van der Waals surface area contributed by atoms with Crippen molar-refractivity contribution in [2.75, 3.05) is 4.90 Å². The molecule has 0 bridgehead atoms. The Bertz CT molecular complexity index is 2540. The lowest BCUT2D eigenvalue weighted by Gasteiger charge is -2.26. The molecule has 2 heterocycles. The zero-order valence-corrected chi connectivity index (χ0v) is 27.6. The molecule has 0 aliphatic heterocycles. The first-order valence-electron chi connectivity index (χ1n) is 16.9. The Morgan fingerprint density at radius 1 is 0.408 bits per heavy atom. The van der Waals surface area contributed by atoms with Crippen LogP contribution in [0.25, 0.3) is 55.2 Å². The lowest BCUT2D eigenvalue weighted by molar-refractivity contribution is 1.13. The fourth-order valence-electron chi connectivity index (χ4n) is 7.22. The zero-order valence-electron chi connectivity index (χ0n) is 27.6. The molecule has 2 aromatic heterocycles. The smallest absolute Gasteiger partial charge is 0.0635 e. The lowest BCUT2D eigenvalue weighted by atomic mass is 10.1. The fourth-order valence-corrected chi connectivity index (χ4v) is 7.22. The summed E-state index contributed by atoms with van der Waals surface area (Å²) < 4.78 is 4.75. The van der Waals surface area contributed by atoms with Gasteiger partial charge in [0.2, 0.25) is 0 Å². The molecule has 49 heavy (non-hydrogen) atoms. The molecule has 0 aliphatic rings. The molecule has 9 aromatic rings. The van der Waals surface area contributed by atoms with Crippen LogP contribution in [0.2, 0.25) is 0 Å². The Labute approximate surface area is 286 Å². The van der Waals surface area contributed by atoms with Crippen LogP contribution in [0.5, 0.6) is 0 Å². The number of aromatic nitrogens is 2. The number of para-hydroxylation sites is 1. The minimum Gasteiger partial charge on any atom is -0.316 e. The van der Waals surface area contributed by atoms with Crippen molar-refractivity contribution in [1.82, 2.24) is 9.13 Å². The van der Waals surface area contributed by atoms with Crippen LogP contribution in [0.4, 0.5) is 17.1 Å². The van der Waals surface area contributed by atoms with Crippen molar-refractivity contribution in [3.05, 3.63) is 187 Å². The van der Waals surface area contributed by atoms with E-state index in [0.29, 0.717) is 0 Å². The van der Waals surface area contributed by atoms with E-state index in [1.54, 1.807) is 0 Å². The van der Waals surface area contributed by atoms with Crippen molar-refractivity contribution in [2.24, 2.45) is 0 Å². The van der Waals surface area contributed by atoms with Gasteiger partial charge in [-0.05, 0) is 97.8 Å². The van der Waals surface area contributed by atoms with Crippen LogP contribution in [0.1, 0.15) is 11.1 Å². The summed E-state index contributed by atoms with van der Waals surface area (Å²) in [5.74, 6) is 0. The van der Waals surface area contributed by atoms with Crippen LogP contribution in [0, 0.1) is 13.8 Å². The van der Waals surface area contributed by atoms with E-state index in [1.807, 2.05) is 0 Å². The molecular weight excluding hydrogens is 595 g/mol.